The van der Waals surface area contributed by atoms with E-state index < -0.39 is 49.5 Å². The molecule has 73 heavy (non-hydrogen) atoms. The second-order valence-electron chi connectivity index (χ2n) is 20.7. The molecule has 7 atom stereocenters. The highest BCUT2D eigenvalue weighted by molar-refractivity contribution is 5.76. The molecule has 0 spiro atoms. The zero-order chi connectivity index (χ0) is 52.9. The molecule has 0 aromatic heterocycles. The number of unbranched alkanes of at least 4 members (excludes halogenated alkanes) is 29. The van der Waals surface area contributed by atoms with Crippen LogP contribution in [0.2, 0.25) is 0 Å². The van der Waals surface area contributed by atoms with Crippen LogP contribution in [0, 0.1) is 0 Å². The van der Waals surface area contributed by atoms with Gasteiger partial charge in [0.1, 0.15) is 24.4 Å². The number of carbonyl (C=O) groups excluding carboxylic acids is 1. The number of nitrogens with one attached hydrogen (secondary N) is 1. The Bertz CT molecular complexity index is 1420. The minimum atomic E-state index is -1.58. The van der Waals surface area contributed by atoms with E-state index in [4.69, 9.17) is 9.47 Å². The van der Waals surface area contributed by atoms with E-state index in [1.165, 1.54) is 161 Å². The summed E-state index contributed by atoms with van der Waals surface area (Å²) in [5.41, 5.74) is 0. The lowest BCUT2D eigenvalue weighted by Gasteiger charge is -2.40. The van der Waals surface area contributed by atoms with Crippen LogP contribution >= 0.6 is 0 Å². The largest absolute Gasteiger partial charge is 0.394 e. The minimum absolute atomic E-state index is 0.190. The van der Waals surface area contributed by atoms with Crippen molar-refractivity contribution in [3.05, 3.63) is 85.1 Å². The fraction of sp³-hybridized carbons (Fsp3) is 0.766. The summed E-state index contributed by atoms with van der Waals surface area (Å²) >= 11 is 0. The maximum atomic E-state index is 13.0. The number of carbonyl (C=O) groups is 1. The molecule has 1 aliphatic heterocycles. The van der Waals surface area contributed by atoms with Crippen molar-refractivity contribution in [3.63, 3.8) is 0 Å². The summed E-state index contributed by atoms with van der Waals surface area (Å²) in [5, 5.41) is 54.4. The third-order valence-electron chi connectivity index (χ3n) is 13.9. The number of amides is 1. The average Bonchev–Trinajstić information content (AvgIpc) is 3.39. The monoisotopic (exact) mass is 1020 g/mol. The molecule has 0 radical (unpaired) electrons. The fourth-order valence-electron chi connectivity index (χ4n) is 9.18. The molecule has 1 heterocycles. The Morgan fingerprint density at radius 2 is 0.863 bits per heavy atom. The lowest BCUT2D eigenvalue weighted by Crippen LogP contribution is -2.60. The molecule has 9 heteroatoms. The first-order valence-corrected chi connectivity index (χ1v) is 30.3. The van der Waals surface area contributed by atoms with Crippen molar-refractivity contribution in [2.45, 2.75) is 301 Å². The molecule has 0 aromatic rings. The smallest absolute Gasteiger partial charge is 0.220 e. The Labute approximate surface area is 448 Å². The number of aliphatic hydroxyl groups excluding tert-OH is 5. The van der Waals surface area contributed by atoms with Crippen molar-refractivity contribution < 1.29 is 39.8 Å². The topological polar surface area (TPSA) is 149 Å². The first-order valence-electron chi connectivity index (χ1n) is 30.3. The molecule has 1 rings (SSSR count). The highest BCUT2D eigenvalue weighted by Crippen LogP contribution is 2.23. The molecule has 6 N–H and O–H groups in total. The molecule has 0 aromatic carbocycles. The molecule has 0 aliphatic carbocycles. The third kappa shape index (κ3) is 42.2. The Hall–Kier alpha value is -2.63. The van der Waals surface area contributed by atoms with Crippen LogP contribution in [-0.4, -0.2) is 87.5 Å². The van der Waals surface area contributed by atoms with E-state index in [0.29, 0.717) is 6.42 Å². The zero-order valence-corrected chi connectivity index (χ0v) is 46.9. The van der Waals surface area contributed by atoms with Crippen molar-refractivity contribution >= 4 is 5.91 Å². The number of hydrogen-bond donors (Lipinski definition) is 6. The first-order chi connectivity index (χ1) is 35.8. The summed E-state index contributed by atoms with van der Waals surface area (Å²) in [5.74, 6) is -0.190. The van der Waals surface area contributed by atoms with E-state index >= 15 is 0 Å². The van der Waals surface area contributed by atoms with Gasteiger partial charge in [0.15, 0.2) is 6.29 Å². The number of rotatable bonds is 51. The van der Waals surface area contributed by atoms with Gasteiger partial charge in [-0.15, -0.1) is 0 Å². The molecule has 7 unspecified atom stereocenters. The van der Waals surface area contributed by atoms with Gasteiger partial charge in [0.05, 0.1) is 25.4 Å². The van der Waals surface area contributed by atoms with E-state index in [-0.39, 0.29) is 12.5 Å². The summed E-state index contributed by atoms with van der Waals surface area (Å²) in [6.45, 7) is 3.61. The summed E-state index contributed by atoms with van der Waals surface area (Å²) in [6, 6.07) is -0.829. The number of aliphatic hydroxyl groups is 5. The summed E-state index contributed by atoms with van der Waals surface area (Å²) in [4.78, 5) is 13.0. The van der Waals surface area contributed by atoms with Crippen molar-refractivity contribution in [1.82, 2.24) is 5.32 Å². The van der Waals surface area contributed by atoms with Gasteiger partial charge < -0.3 is 40.3 Å². The molecule has 1 aliphatic rings. The van der Waals surface area contributed by atoms with Gasteiger partial charge in [0, 0.05) is 6.42 Å². The Balaban J connectivity index is 2.07. The van der Waals surface area contributed by atoms with E-state index in [0.717, 1.165) is 77.0 Å². The molecule has 0 saturated carbocycles. The van der Waals surface area contributed by atoms with Crippen LogP contribution in [-0.2, 0) is 14.3 Å². The van der Waals surface area contributed by atoms with Crippen molar-refractivity contribution in [3.8, 4) is 0 Å². The molecular weight excluding hydrogens is 911 g/mol. The predicted octanol–water partition coefficient (Wildman–Crippen LogP) is 15.4. The maximum absolute atomic E-state index is 13.0. The van der Waals surface area contributed by atoms with Gasteiger partial charge in [-0.2, -0.15) is 0 Å². The van der Waals surface area contributed by atoms with E-state index in [1.807, 2.05) is 6.08 Å². The fourth-order valence-corrected chi connectivity index (χ4v) is 9.18. The molecule has 1 amide bonds. The average molecular weight is 1020 g/mol. The van der Waals surface area contributed by atoms with E-state index in [2.05, 4.69) is 92.1 Å². The SMILES string of the molecule is CC/C=C\C/C=C\C/C=C\C/C=C\CCCCCCCCCCCCCCCCCCCCCCCCCCC(=O)NC(COC1OC(CO)C(O)C(O)C1O)C(O)/C=C/CC/C=C/CC/C=C/CCCCC. The second-order valence-corrected chi connectivity index (χ2v) is 20.7. The van der Waals surface area contributed by atoms with E-state index in [9.17, 15) is 30.3 Å². The summed E-state index contributed by atoms with van der Waals surface area (Å²) < 4.78 is 11.2. The van der Waals surface area contributed by atoms with Gasteiger partial charge in [-0.05, 0) is 83.5 Å². The van der Waals surface area contributed by atoms with Crippen LogP contribution in [0.15, 0.2) is 85.1 Å². The number of allylic oxidation sites excluding steroid dienone is 13. The highest BCUT2D eigenvalue weighted by atomic mass is 16.7. The van der Waals surface area contributed by atoms with Gasteiger partial charge in [-0.1, -0.05) is 253 Å². The first kappa shape index (κ1) is 68.4. The standard InChI is InChI=1S/C64H113NO8/c1-3-5-7-9-11-13-15-17-18-19-20-21-22-23-24-25-26-27-28-29-30-31-32-33-34-35-36-37-38-39-40-42-44-46-48-50-52-54-60(68)65-57(56-72-64-63(71)62(70)61(69)59(55-66)73-64)58(67)53-51-49-47-45-43-41-16-14-12-10-8-6-4-2/h5,7,11-14,17-18,20-21,43,45,51,53,57-59,61-64,66-67,69-71H,3-4,6,8-10,15-16,19,22-42,44,46-50,52,54-56H2,1-2H3,(H,65,68)/b7-5-,13-11-,14-12+,18-17-,21-20-,45-43+,53-51+. The molecule has 9 nitrogen and oxygen atoms in total. The van der Waals surface area contributed by atoms with Crippen LogP contribution in [0.3, 0.4) is 0 Å². The predicted molar refractivity (Wildman–Crippen MR) is 308 cm³/mol. The Kier molecular flexibility index (Phi) is 49.5. The van der Waals surface area contributed by atoms with Crippen LogP contribution < -0.4 is 5.32 Å². The Morgan fingerprint density at radius 1 is 0.479 bits per heavy atom. The minimum Gasteiger partial charge on any atom is -0.394 e. The number of ether oxygens (including phenoxy) is 2. The number of hydrogen-bond acceptors (Lipinski definition) is 8. The molecule has 422 valence electrons. The highest BCUT2D eigenvalue weighted by Gasteiger charge is 2.44. The van der Waals surface area contributed by atoms with Crippen molar-refractivity contribution in [2.24, 2.45) is 0 Å². The van der Waals surface area contributed by atoms with Crippen LogP contribution in [0.1, 0.15) is 258 Å². The van der Waals surface area contributed by atoms with Gasteiger partial charge in [-0.3, -0.25) is 4.79 Å². The van der Waals surface area contributed by atoms with Crippen LogP contribution in [0.5, 0.6) is 0 Å². The molecule has 0 bridgehead atoms. The van der Waals surface area contributed by atoms with Crippen LogP contribution in [0.4, 0.5) is 0 Å². The van der Waals surface area contributed by atoms with Gasteiger partial charge in [-0.25, -0.2) is 0 Å². The van der Waals surface area contributed by atoms with Gasteiger partial charge in [0.2, 0.25) is 5.91 Å². The maximum Gasteiger partial charge on any atom is 0.220 e. The van der Waals surface area contributed by atoms with Crippen molar-refractivity contribution in [1.29, 1.82) is 0 Å². The summed E-state index contributed by atoms with van der Waals surface area (Å²) in [7, 11) is 0. The quantitative estimate of drug-likeness (QED) is 0.0261. The third-order valence-corrected chi connectivity index (χ3v) is 13.9. The van der Waals surface area contributed by atoms with Crippen molar-refractivity contribution in [2.75, 3.05) is 13.2 Å². The lowest BCUT2D eigenvalue weighted by molar-refractivity contribution is -0.302. The van der Waals surface area contributed by atoms with E-state index in [1.54, 1.807) is 6.08 Å². The second kappa shape index (κ2) is 52.8. The lowest BCUT2D eigenvalue weighted by atomic mass is 9.99. The Morgan fingerprint density at radius 3 is 1.32 bits per heavy atom. The zero-order valence-electron chi connectivity index (χ0n) is 46.9. The van der Waals surface area contributed by atoms with Gasteiger partial charge >= 0.3 is 0 Å². The molecule has 1 saturated heterocycles. The normalized spacial score (nSPS) is 19.7. The van der Waals surface area contributed by atoms with Crippen LogP contribution in [0.25, 0.3) is 0 Å². The molecular formula is C64H113NO8. The van der Waals surface area contributed by atoms with Gasteiger partial charge in [0.25, 0.3) is 0 Å². The summed E-state index contributed by atoms with van der Waals surface area (Å²) in [6.07, 6.45) is 68.3. The molecule has 1 fully saturated rings.